The predicted octanol–water partition coefficient (Wildman–Crippen LogP) is 1.54. The summed E-state index contributed by atoms with van der Waals surface area (Å²) in [7, 11) is 1.64. The van der Waals surface area contributed by atoms with E-state index in [1.807, 2.05) is 12.1 Å². The molecule has 2 heterocycles. The molecule has 0 atom stereocenters. The average Bonchev–Trinajstić information content (AvgIpc) is 2.53. The van der Waals surface area contributed by atoms with Gasteiger partial charge in [0.05, 0.1) is 12.3 Å². The molecule has 0 fully saturated rings. The van der Waals surface area contributed by atoms with Crippen molar-refractivity contribution in [1.29, 1.82) is 0 Å². The first-order chi connectivity index (χ1) is 6.31. The Bertz CT molecular complexity index is 473. The van der Waals surface area contributed by atoms with E-state index in [9.17, 15) is 0 Å². The van der Waals surface area contributed by atoms with E-state index < -0.39 is 0 Å². The topological polar surface area (TPSA) is 42.3 Å². The summed E-state index contributed by atoms with van der Waals surface area (Å²) in [6.45, 7) is 0.491. The number of hydrogen-bond donors (Lipinski definition) is 1. The van der Waals surface area contributed by atoms with Crippen molar-refractivity contribution in [2.45, 2.75) is 6.61 Å². The van der Waals surface area contributed by atoms with Crippen LogP contribution in [0.4, 0.5) is 0 Å². The van der Waals surface area contributed by atoms with Crippen molar-refractivity contribution in [3.8, 4) is 0 Å². The number of hydrogen-bond acceptors (Lipinski definition) is 3. The molecule has 0 aliphatic carbocycles. The van der Waals surface area contributed by atoms with Gasteiger partial charge < -0.3 is 4.74 Å². The maximum atomic E-state index is 5.15. The third-order valence-electron chi connectivity index (χ3n) is 1.73. The van der Waals surface area contributed by atoms with E-state index in [1.54, 1.807) is 17.8 Å². The van der Waals surface area contributed by atoms with Crippen molar-refractivity contribution >= 4 is 17.9 Å². The third-order valence-corrected chi connectivity index (χ3v) is 2.03. The summed E-state index contributed by atoms with van der Waals surface area (Å²) in [5.74, 6) is 0. The van der Waals surface area contributed by atoms with Crippen LogP contribution in [0.5, 0.6) is 0 Å². The second-order valence-corrected chi connectivity index (χ2v) is 3.09. The smallest absolute Gasteiger partial charge is 0.154 e. The average molecular weight is 195 g/mol. The Morgan fingerprint density at radius 3 is 3.31 bits per heavy atom. The Labute approximate surface area is 80.2 Å². The van der Waals surface area contributed by atoms with Gasteiger partial charge in [0.2, 0.25) is 0 Å². The molecular weight excluding hydrogens is 186 g/mol. The molecule has 1 N–H and O–H groups in total. The number of H-pyrrole nitrogens is 1. The van der Waals surface area contributed by atoms with Crippen LogP contribution in [0, 0.1) is 4.64 Å². The molecule has 2 rings (SSSR count). The Balaban J connectivity index is 2.63. The van der Waals surface area contributed by atoms with E-state index in [-0.39, 0.29) is 0 Å². The van der Waals surface area contributed by atoms with Crippen molar-refractivity contribution in [3.05, 3.63) is 28.7 Å². The number of rotatable bonds is 2. The summed E-state index contributed by atoms with van der Waals surface area (Å²) >= 11 is 5.15. The van der Waals surface area contributed by atoms with E-state index in [4.69, 9.17) is 17.0 Å². The summed E-state index contributed by atoms with van der Waals surface area (Å²) in [4.78, 5) is 4.33. The van der Waals surface area contributed by atoms with Crippen LogP contribution in [0.3, 0.4) is 0 Å². The minimum absolute atomic E-state index is 0.491. The van der Waals surface area contributed by atoms with Gasteiger partial charge in [0.25, 0.3) is 0 Å². The van der Waals surface area contributed by atoms with Crippen LogP contribution in [-0.4, -0.2) is 21.7 Å². The highest BCUT2D eigenvalue weighted by atomic mass is 32.1. The van der Waals surface area contributed by atoms with Gasteiger partial charge in [-0.3, -0.25) is 5.10 Å². The van der Waals surface area contributed by atoms with Crippen LogP contribution in [-0.2, 0) is 11.3 Å². The lowest BCUT2D eigenvalue weighted by molar-refractivity contribution is 0.181. The zero-order valence-corrected chi connectivity index (χ0v) is 7.97. The molecule has 0 amide bonds. The number of fused-ring (bicyclic) bond motifs is 1. The Morgan fingerprint density at radius 2 is 2.54 bits per heavy atom. The summed E-state index contributed by atoms with van der Waals surface area (Å²) in [5.41, 5.74) is 1.67. The lowest BCUT2D eigenvalue weighted by Crippen LogP contribution is -1.97. The zero-order valence-electron chi connectivity index (χ0n) is 7.15. The summed E-state index contributed by atoms with van der Waals surface area (Å²) in [6.07, 6.45) is 1.80. The van der Waals surface area contributed by atoms with Crippen molar-refractivity contribution in [3.63, 3.8) is 0 Å². The third kappa shape index (κ3) is 1.48. The second kappa shape index (κ2) is 3.27. The van der Waals surface area contributed by atoms with Gasteiger partial charge in [-0.15, -0.1) is 0 Å². The van der Waals surface area contributed by atoms with Gasteiger partial charge in [0.15, 0.2) is 5.65 Å². The number of nitrogens with one attached hydrogen (secondary N) is 1. The molecule has 0 saturated carbocycles. The lowest BCUT2D eigenvalue weighted by Gasteiger charge is -1.99. The molecule has 2 aromatic heterocycles. The maximum Gasteiger partial charge on any atom is 0.154 e. The van der Waals surface area contributed by atoms with Gasteiger partial charge in [0.1, 0.15) is 4.64 Å². The highest BCUT2D eigenvalue weighted by Crippen LogP contribution is 2.03. The normalized spacial score (nSPS) is 10.8. The molecular formula is C8H9N3OS. The zero-order chi connectivity index (χ0) is 9.26. The molecule has 0 aliphatic heterocycles. The second-order valence-electron chi connectivity index (χ2n) is 2.67. The number of aromatic nitrogens is 3. The summed E-state index contributed by atoms with van der Waals surface area (Å²) in [5, 5.41) is 2.97. The predicted molar refractivity (Wildman–Crippen MR) is 51.1 cm³/mol. The number of ether oxygens (including phenoxy) is 1. The standard InChI is InChI=1S/C8H9N3OS/c1-12-5-6-4-8(13)11-7(10-6)2-3-9-11/h2-4,9H,5H2,1H3. The molecule has 0 saturated heterocycles. The summed E-state index contributed by atoms with van der Waals surface area (Å²) < 4.78 is 7.43. The first kappa shape index (κ1) is 8.40. The number of nitrogens with zero attached hydrogens (tertiary/aromatic N) is 2. The first-order valence-electron chi connectivity index (χ1n) is 3.86. The monoisotopic (exact) mass is 195 g/mol. The summed E-state index contributed by atoms with van der Waals surface area (Å²) in [6, 6.07) is 3.69. The molecule has 13 heavy (non-hydrogen) atoms. The van der Waals surface area contributed by atoms with Gasteiger partial charge in [-0.25, -0.2) is 9.50 Å². The molecule has 0 radical (unpaired) electrons. The molecule has 0 bridgehead atoms. The van der Waals surface area contributed by atoms with E-state index in [2.05, 4.69) is 10.1 Å². The van der Waals surface area contributed by atoms with Crippen molar-refractivity contribution in [1.82, 2.24) is 14.6 Å². The van der Waals surface area contributed by atoms with Crippen molar-refractivity contribution < 1.29 is 4.74 Å². The van der Waals surface area contributed by atoms with Crippen LogP contribution >= 0.6 is 12.2 Å². The van der Waals surface area contributed by atoms with Gasteiger partial charge in [-0.1, -0.05) is 12.2 Å². The minimum atomic E-state index is 0.491. The van der Waals surface area contributed by atoms with Crippen LogP contribution in [0.2, 0.25) is 0 Å². The SMILES string of the molecule is COCc1cc(=S)n2[nH]ccc2n1. The fourth-order valence-electron chi connectivity index (χ4n) is 1.20. The Hall–Kier alpha value is -1.20. The van der Waals surface area contributed by atoms with Crippen LogP contribution in [0.25, 0.3) is 5.65 Å². The highest BCUT2D eigenvalue weighted by molar-refractivity contribution is 7.71. The molecule has 0 aliphatic rings. The molecule has 4 nitrogen and oxygen atoms in total. The van der Waals surface area contributed by atoms with Gasteiger partial charge >= 0.3 is 0 Å². The molecule has 68 valence electrons. The van der Waals surface area contributed by atoms with E-state index in [0.717, 1.165) is 11.3 Å². The number of methoxy groups -OCH3 is 1. The molecule has 2 aromatic rings. The Kier molecular flexibility index (Phi) is 2.12. The molecule has 5 heteroatoms. The van der Waals surface area contributed by atoms with Gasteiger partial charge in [0, 0.05) is 19.4 Å². The van der Waals surface area contributed by atoms with E-state index >= 15 is 0 Å². The fourth-order valence-corrected chi connectivity index (χ4v) is 1.48. The van der Waals surface area contributed by atoms with Gasteiger partial charge in [-0.2, -0.15) is 0 Å². The minimum Gasteiger partial charge on any atom is -0.378 e. The van der Waals surface area contributed by atoms with E-state index in [0.29, 0.717) is 11.2 Å². The maximum absolute atomic E-state index is 5.15. The molecule has 0 aromatic carbocycles. The molecule has 0 spiro atoms. The quantitative estimate of drug-likeness (QED) is 0.739. The lowest BCUT2D eigenvalue weighted by atomic mass is 10.4. The van der Waals surface area contributed by atoms with Crippen molar-refractivity contribution in [2.24, 2.45) is 0 Å². The van der Waals surface area contributed by atoms with E-state index in [1.165, 1.54) is 0 Å². The molecule has 0 unspecified atom stereocenters. The highest BCUT2D eigenvalue weighted by Gasteiger charge is 1.99. The first-order valence-corrected chi connectivity index (χ1v) is 4.27. The van der Waals surface area contributed by atoms with Crippen LogP contribution in [0.15, 0.2) is 18.3 Å². The van der Waals surface area contributed by atoms with Gasteiger partial charge in [-0.05, 0) is 6.07 Å². The largest absolute Gasteiger partial charge is 0.378 e. The van der Waals surface area contributed by atoms with Crippen LogP contribution < -0.4 is 0 Å². The number of aromatic amines is 1. The Morgan fingerprint density at radius 1 is 1.69 bits per heavy atom. The fraction of sp³-hybridized carbons (Fsp3) is 0.250. The van der Waals surface area contributed by atoms with Crippen molar-refractivity contribution in [2.75, 3.05) is 7.11 Å². The van der Waals surface area contributed by atoms with Crippen LogP contribution in [0.1, 0.15) is 5.69 Å².